The summed E-state index contributed by atoms with van der Waals surface area (Å²) < 4.78 is 0. The van der Waals surface area contributed by atoms with Crippen LogP contribution in [0.15, 0.2) is 0 Å². The number of hydrogen-bond acceptors (Lipinski definition) is 1. The van der Waals surface area contributed by atoms with Gasteiger partial charge in [0.25, 0.3) is 0 Å². The van der Waals surface area contributed by atoms with E-state index in [1.165, 1.54) is 0 Å². The molecule has 0 saturated heterocycles. The molecule has 0 bridgehead atoms. The summed E-state index contributed by atoms with van der Waals surface area (Å²) in [7, 11) is 0. The van der Waals surface area contributed by atoms with Crippen molar-refractivity contribution in [2.45, 2.75) is 26.3 Å². The van der Waals surface area contributed by atoms with Gasteiger partial charge < -0.3 is 5.32 Å². The van der Waals surface area contributed by atoms with E-state index in [9.17, 15) is 4.79 Å². The van der Waals surface area contributed by atoms with Gasteiger partial charge in [0.15, 0.2) is 0 Å². The molecule has 4 heteroatoms. The predicted octanol–water partition coefficient (Wildman–Crippen LogP) is 1.35. The molecule has 0 aliphatic carbocycles. The second-order valence-electron chi connectivity index (χ2n) is 2.65. The second kappa shape index (κ2) is 4.56. The van der Waals surface area contributed by atoms with Gasteiger partial charge in [-0.05, 0) is 32.4 Å². The number of nitrogens with one attached hydrogen (secondary N) is 1. The van der Waals surface area contributed by atoms with E-state index in [2.05, 4.69) is 5.32 Å². The standard InChI is InChI=1S/C5H10ClNO.Na/c1-5(2,3)7-4(6)8;/h1-3H3,(H,7,8);. The first-order valence-corrected chi connectivity index (χ1v) is 2.77. The first-order valence-electron chi connectivity index (χ1n) is 2.39. The molecule has 49 valence electrons. The average Bonchev–Trinajstić information content (AvgIpc) is 1.21. The topological polar surface area (TPSA) is 29.1 Å². The Bertz CT molecular complexity index is 99.6. The van der Waals surface area contributed by atoms with Crippen molar-refractivity contribution >= 4 is 46.5 Å². The monoisotopic (exact) mass is 158 g/mol. The zero-order valence-electron chi connectivity index (χ0n) is 6.29. The first kappa shape index (κ1) is 12.4. The molecule has 1 amide bonds. The smallest absolute Gasteiger partial charge is 0.314 e. The van der Waals surface area contributed by atoms with Crippen LogP contribution in [0.1, 0.15) is 20.8 Å². The van der Waals surface area contributed by atoms with Crippen LogP contribution < -0.4 is 5.32 Å². The maximum atomic E-state index is 10.1. The van der Waals surface area contributed by atoms with E-state index in [0.717, 1.165) is 0 Å². The van der Waals surface area contributed by atoms with Crippen LogP contribution in [0.4, 0.5) is 4.79 Å². The molecule has 0 aromatic carbocycles. The summed E-state index contributed by atoms with van der Waals surface area (Å²) in [5.74, 6) is 0. The largest absolute Gasteiger partial charge is 0.338 e. The molecular weight excluding hydrogens is 149 g/mol. The molecule has 9 heavy (non-hydrogen) atoms. The summed E-state index contributed by atoms with van der Waals surface area (Å²) in [5.41, 5.74) is -0.209. The van der Waals surface area contributed by atoms with Crippen molar-refractivity contribution in [3.63, 3.8) is 0 Å². The van der Waals surface area contributed by atoms with E-state index in [1.807, 2.05) is 20.8 Å². The summed E-state index contributed by atoms with van der Waals surface area (Å²) >= 11 is 5.01. The molecule has 0 aliphatic heterocycles. The number of rotatable bonds is 0. The van der Waals surface area contributed by atoms with Crippen LogP contribution in [-0.4, -0.2) is 40.5 Å². The first-order chi connectivity index (χ1) is 3.42. The zero-order valence-corrected chi connectivity index (χ0v) is 9.04. The maximum absolute atomic E-state index is 10.1. The van der Waals surface area contributed by atoms with Gasteiger partial charge in [-0.15, -0.1) is 0 Å². The fraction of sp³-hybridized carbons (Fsp3) is 0.800. The van der Waals surface area contributed by atoms with Crippen molar-refractivity contribution in [3.05, 3.63) is 0 Å². The maximum Gasteiger partial charge on any atom is 0.314 e. The fourth-order valence-electron chi connectivity index (χ4n) is 0.295. The molecule has 0 atom stereocenters. The predicted molar refractivity (Wildman–Crippen MR) is 39.9 cm³/mol. The van der Waals surface area contributed by atoms with Gasteiger partial charge in [-0.25, -0.2) is 0 Å². The number of carbonyl (C=O) groups excluding carboxylic acids is 1. The SMILES string of the molecule is CC(C)(C)NC(=O)Cl.[Na]. The summed E-state index contributed by atoms with van der Waals surface area (Å²) in [6.45, 7) is 5.60. The van der Waals surface area contributed by atoms with E-state index < -0.39 is 5.37 Å². The molecule has 0 heterocycles. The number of carbonyl (C=O) groups is 1. The third kappa shape index (κ3) is 12.1. The summed E-state index contributed by atoms with van der Waals surface area (Å²) in [5, 5.41) is 2.01. The van der Waals surface area contributed by atoms with E-state index in [1.54, 1.807) is 0 Å². The van der Waals surface area contributed by atoms with Gasteiger partial charge in [0.05, 0.1) is 0 Å². The minimum atomic E-state index is -0.502. The Balaban J connectivity index is 0. The average molecular weight is 159 g/mol. The molecule has 1 N–H and O–H groups in total. The number of halogens is 1. The molecule has 0 unspecified atom stereocenters. The van der Waals surface area contributed by atoms with Crippen molar-refractivity contribution in [2.24, 2.45) is 0 Å². The summed E-state index contributed by atoms with van der Waals surface area (Å²) in [6, 6.07) is 0. The van der Waals surface area contributed by atoms with E-state index in [0.29, 0.717) is 0 Å². The van der Waals surface area contributed by atoms with Crippen LogP contribution in [0.5, 0.6) is 0 Å². The van der Waals surface area contributed by atoms with Gasteiger partial charge in [-0.2, -0.15) is 0 Å². The minimum absolute atomic E-state index is 0. The van der Waals surface area contributed by atoms with Crippen molar-refractivity contribution in [2.75, 3.05) is 0 Å². The number of amides is 1. The van der Waals surface area contributed by atoms with Crippen molar-refractivity contribution in [1.29, 1.82) is 0 Å². The molecule has 0 fully saturated rings. The Kier molecular flexibility index (Phi) is 6.30. The van der Waals surface area contributed by atoms with Crippen molar-refractivity contribution < 1.29 is 4.79 Å². The van der Waals surface area contributed by atoms with Crippen LogP contribution in [-0.2, 0) is 0 Å². The van der Waals surface area contributed by atoms with E-state index in [4.69, 9.17) is 11.6 Å². The minimum Gasteiger partial charge on any atom is -0.338 e. The fourth-order valence-corrected chi connectivity index (χ4v) is 0.578. The normalized spacial score (nSPS) is 9.78. The Hall–Kier alpha value is 0.760. The molecule has 2 nitrogen and oxygen atoms in total. The van der Waals surface area contributed by atoms with Gasteiger partial charge >= 0.3 is 5.37 Å². The van der Waals surface area contributed by atoms with Gasteiger partial charge in [0.1, 0.15) is 0 Å². The van der Waals surface area contributed by atoms with Gasteiger partial charge in [0, 0.05) is 35.1 Å². The third-order valence-corrected chi connectivity index (χ3v) is 0.568. The van der Waals surface area contributed by atoms with Crippen LogP contribution in [0.25, 0.3) is 0 Å². The number of hydrogen-bond donors (Lipinski definition) is 1. The van der Waals surface area contributed by atoms with E-state index >= 15 is 0 Å². The van der Waals surface area contributed by atoms with Crippen LogP contribution >= 0.6 is 11.6 Å². The molecule has 0 aliphatic rings. The summed E-state index contributed by atoms with van der Waals surface area (Å²) in [6.07, 6.45) is 0. The summed E-state index contributed by atoms with van der Waals surface area (Å²) in [4.78, 5) is 10.1. The zero-order chi connectivity index (χ0) is 6.78. The molecule has 0 spiro atoms. The van der Waals surface area contributed by atoms with Crippen LogP contribution in [0, 0.1) is 0 Å². The Morgan fingerprint density at radius 2 is 1.78 bits per heavy atom. The molecular formula is C5H10ClNNaO. The molecule has 0 rings (SSSR count). The molecule has 0 aromatic rings. The van der Waals surface area contributed by atoms with Gasteiger partial charge in [-0.1, -0.05) is 0 Å². The Morgan fingerprint density at radius 3 is 1.78 bits per heavy atom. The molecule has 1 radical (unpaired) electrons. The van der Waals surface area contributed by atoms with Crippen LogP contribution in [0.2, 0.25) is 0 Å². The molecule has 0 aromatic heterocycles. The Labute approximate surface area is 82.6 Å². The van der Waals surface area contributed by atoms with Crippen molar-refractivity contribution in [1.82, 2.24) is 5.32 Å². The van der Waals surface area contributed by atoms with Crippen molar-refractivity contribution in [3.8, 4) is 0 Å². The third-order valence-electron chi connectivity index (χ3n) is 0.473. The van der Waals surface area contributed by atoms with E-state index in [-0.39, 0.29) is 35.1 Å². The quantitative estimate of drug-likeness (QED) is 0.322. The Morgan fingerprint density at radius 1 is 1.44 bits per heavy atom. The van der Waals surface area contributed by atoms with Gasteiger partial charge in [-0.3, -0.25) is 4.79 Å². The second-order valence-corrected chi connectivity index (χ2v) is 2.99. The molecule has 0 saturated carbocycles. The van der Waals surface area contributed by atoms with Gasteiger partial charge in [0.2, 0.25) is 0 Å². The van der Waals surface area contributed by atoms with Crippen LogP contribution in [0.3, 0.4) is 0 Å².